The Bertz CT molecular complexity index is 1440. The van der Waals surface area contributed by atoms with Crippen molar-refractivity contribution in [2.24, 2.45) is 0 Å². The van der Waals surface area contributed by atoms with Crippen LogP contribution in [0.4, 0.5) is 11.4 Å². The van der Waals surface area contributed by atoms with Gasteiger partial charge in [0.15, 0.2) is 0 Å². The minimum Gasteiger partial charge on any atom is -0.478 e. The van der Waals surface area contributed by atoms with Crippen LogP contribution in [0.3, 0.4) is 0 Å². The van der Waals surface area contributed by atoms with E-state index in [0.717, 1.165) is 4.90 Å². The summed E-state index contributed by atoms with van der Waals surface area (Å²) >= 11 is 0. The van der Waals surface area contributed by atoms with E-state index in [0.29, 0.717) is 45.2 Å². The van der Waals surface area contributed by atoms with Crippen molar-refractivity contribution in [2.75, 3.05) is 10.2 Å². The van der Waals surface area contributed by atoms with Gasteiger partial charge in [-0.15, -0.1) is 0 Å². The lowest BCUT2D eigenvalue weighted by Gasteiger charge is -2.11. The molecular weight excluding hydrogens is 424 g/mol. The molecule has 5 rings (SSSR count). The maximum atomic E-state index is 12.8. The van der Waals surface area contributed by atoms with Crippen molar-refractivity contribution in [2.45, 2.75) is 6.92 Å². The van der Waals surface area contributed by atoms with Crippen molar-refractivity contribution < 1.29 is 28.7 Å². The van der Waals surface area contributed by atoms with Crippen LogP contribution in [0.1, 0.15) is 39.9 Å². The Kier molecular flexibility index (Phi) is 4.56. The SMILES string of the molecule is CC(=O)N1C(=O)/C(=C/c2ccc(/C=C3/C(=O)Nc4cc(C(=O)O)ccc43)o2)c2ccccc21. The van der Waals surface area contributed by atoms with Crippen molar-refractivity contribution in [3.63, 3.8) is 0 Å². The summed E-state index contributed by atoms with van der Waals surface area (Å²) in [5, 5.41) is 11.8. The fraction of sp³-hybridized carbons (Fsp3) is 0.0400. The van der Waals surface area contributed by atoms with Gasteiger partial charge in [-0.1, -0.05) is 24.3 Å². The average Bonchev–Trinajstić information content (AvgIpc) is 3.43. The Hall–Kier alpha value is -4.72. The summed E-state index contributed by atoms with van der Waals surface area (Å²) in [4.78, 5) is 49.5. The molecule has 0 radical (unpaired) electrons. The first-order valence-corrected chi connectivity index (χ1v) is 10.00. The van der Waals surface area contributed by atoms with E-state index in [-0.39, 0.29) is 17.4 Å². The Labute approximate surface area is 187 Å². The molecule has 8 nitrogen and oxygen atoms in total. The molecule has 3 amide bonds. The van der Waals surface area contributed by atoms with Crippen LogP contribution in [-0.2, 0) is 14.4 Å². The zero-order valence-electron chi connectivity index (χ0n) is 17.3. The molecule has 3 heterocycles. The van der Waals surface area contributed by atoms with E-state index in [1.807, 2.05) is 0 Å². The highest BCUT2D eigenvalue weighted by atomic mass is 16.4. The van der Waals surface area contributed by atoms with Gasteiger partial charge in [-0.25, -0.2) is 9.69 Å². The molecule has 0 bridgehead atoms. The molecule has 0 unspecified atom stereocenters. The normalized spacial score (nSPS) is 16.8. The molecule has 2 aliphatic rings. The minimum atomic E-state index is -1.08. The number of aromatic carboxylic acids is 1. The van der Waals surface area contributed by atoms with Gasteiger partial charge in [0.2, 0.25) is 5.91 Å². The van der Waals surface area contributed by atoms with Gasteiger partial charge < -0.3 is 14.8 Å². The third-order valence-corrected chi connectivity index (χ3v) is 5.45. The molecule has 2 aromatic carbocycles. The smallest absolute Gasteiger partial charge is 0.335 e. The number of hydrogen-bond acceptors (Lipinski definition) is 5. The van der Waals surface area contributed by atoms with Gasteiger partial charge in [0.1, 0.15) is 11.5 Å². The highest BCUT2D eigenvalue weighted by Crippen LogP contribution is 2.38. The number of amides is 3. The Morgan fingerprint density at radius 3 is 2.33 bits per heavy atom. The monoisotopic (exact) mass is 440 g/mol. The van der Waals surface area contributed by atoms with E-state index < -0.39 is 11.9 Å². The predicted octanol–water partition coefficient (Wildman–Crippen LogP) is 3.90. The highest BCUT2D eigenvalue weighted by molar-refractivity contribution is 6.42. The van der Waals surface area contributed by atoms with Gasteiger partial charge in [-0.3, -0.25) is 14.4 Å². The summed E-state index contributed by atoms with van der Waals surface area (Å²) in [7, 11) is 0. The third-order valence-electron chi connectivity index (χ3n) is 5.45. The van der Waals surface area contributed by atoms with Crippen molar-refractivity contribution in [1.29, 1.82) is 0 Å². The number of hydrogen-bond donors (Lipinski definition) is 2. The van der Waals surface area contributed by atoms with E-state index in [2.05, 4.69) is 5.32 Å². The molecule has 1 aromatic heterocycles. The quantitative estimate of drug-likeness (QED) is 0.597. The Morgan fingerprint density at radius 2 is 1.64 bits per heavy atom. The average molecular weight is 440 g/mol. The molecule has 33 heavy (non-hydrogen) atoms. The van der Waals surface area contributed by atoms with Crippen LogP contribution in [0.2, 0.25) is 0 Å². The fourth-order valence-corrected chi connectivity index (χ4v) is 3.97. The lowest BCUT2D eigenvalue weighted by molar-refractivity contribution is -0.122. The zero-order valence-corrected chi connectivity index (χ0v) is 17.3. The van der Waals surface area contributed by atoms with Gasteiger partial charge in [-0.2, -0.15) is 0 Å². The number of benzene rings is 2. The van der Waals surface area contributed by atoms with Crippen molar-refractivity contribution in [1.82, 2.24) is 0 Å². The number of nitrogens with one attached hydrogen (secondary N) is 1. The molecule has 0 spiro atoms. The van der Waals surface area contributed by atoms with Crippen LogP contribution >= 0.6 is 0 Å². The number of carboxylic acid groups (broad SMARTS) is 1. The molecule has 0 saturated carbocycles. The van der Waals surface area contributed by atoms with Crippen LogP contribution in [0, 0.1) is 0 Å². The van der Waals surface area contributed by atoms with Crippen LogP contribution in [0.15, 0.2) is 59.0 Å². The van der Waals surface area contributed by atoms with Crippen LogP contribution in [0.5, 0.6) is 0 Å². The third kappa shape index (κ3) is 3.34. The largest absolute Gasteiger partial charge is 0.478 e. The summed E-state index contributed by atoms with van der Waals surface area (Å²) in [5.74, 6) is -1.51. The number of furan rings is 1. The Balaban J connectivity index is 1.49. The molecule has 0 aliphatic carbocycles. The molecular formula is C25H16N2O6. The number of imide groups is 1. The van der Waals surface area contributed by atoms with E-state index >= 15 is 0 Å². The maximum absolute atomic E-state index is 12.8. The second-order valence-corrected chi connectivity index (χ2v) is 7.55. The summed E-state index contributed by atoms with van der Waals surface area (Å²) in [5.41, 5.74) is 2.88. The molecule has 8 heteroatoms. The molecule has 0 atom stereocenters. The van der Waals surface area contributed by atoms with Gasteiger partial charge in [0, 0.05) is 23.7 Å². The molecule has 2 N–H and O–H groups in total. The second-order valence-electron chi connectivity index (χ2n) is 7.55. The summed E-state index contributed by atoms with van der Waals surface area (Å²) in [6, 6.07) is 14.7. The molecule has 0 fully saturated rings. The topological polar surface area (TPSA) is 117 Å². The van der Waals surface area contributed by atoms with E-state index in [4.69, 9.17) is 9.52 Å². The van der Waals surface area contributed by atoms with Gasteiger partial charge in [0.05, 0.1) is 22.4 Å². The number of carboxylic acids is 1. The van der Waals surface area contributed by atoms with E-state index in [9.17, 15) is 19.2 Å². The number of rotatable bonds is 3. The fourth-order valence-electron chi connectivity index (χ4n) is 3.97. The summed E-state index contributed by atoms with van der Waals surface area (Å²) in [6.45, 7) is 1.33. The van der Waals surface area contributed by atoms with Crippen molar-refractivity contribution in [3.8, 4) is 0 Å². The van der Waals surface area contributed by atoms with Crippen LogP contribution in [-0.4, -0.2) is 28.8 Å². The number of anilines is 2. The number of nitrogens with zero attached hydrogens (tertiary/aromatic N) is 1. The predicted molar refractivity (Wildman–Crippen MR) is 121 cm³/mol. The van der Waals surface area contributed by atoms with Gasteiger partial charge in [0.25, 0.3) is 11.8 Å². The van der Waals surface area contributed by atoms with Gasteiger partial charge in [-0.05, 0) is 42.5 Å². The maximum Gasteiger partial charge on any atom is 0.335 e. The number of carbonyl (C=O) groups is 4. The first-order valence-electron chi connectivity index (χ1n) is 10.00. The van der Waals surface area contributed by atoms with E-state index in [1.165, 1.54) is 19.1 Å². The van der Waals surface area contributed by atoms with Crippen LogP contribution in [0.25, 0.3) is 23.3 Å². The molecule has 0 saturated heterocycles. The number of para-hydroxylation sites is 1. The number of carbonyl (C=O) groups excluding carboxylic acids is 3. The van der Waals surface area contributed by atoms with E-state index in [1.54, 1.807) is 54.6 Å². The summed E-state index contributed by atoms with van der Waals surface area (Å²) < 4.78 is 5.81. The lowest BCUT2D eigenvalue weighted by Crippen LogP contribution is -2.30. The Morgan fingerprint density at radius 1 is 0.939 bits per heavy atom. The molecule has 162 valence electrons. The zero-order chi connectivity index (χ0) is 23.3. The minimum absolute atomic E-state index is 0.0725. The first-order chi connectivity index (χ1) is 15.8. The first kappa shape index (κ1) is 20.2. The highest BCUT2D eigenvalue weighted by Gasteiger charge is 2.35. The molecule has 2 aliphatic heterocycles. The van der Waals surface area contributed by atoms with Crippen LogP contribution < -0.4 is 10.2 Å². The number of fused-ring (bicyclic) bond motifs is 2. The standard InChI is InChI=1S/C25H16N2O6/c1-13(28)27-22-5-3-2-4-18(22)20(24(27)30)12-16-8-7-15(33-16)11-19-17-9-6-14(25(31)32)10-21(17)26-23(19)29/h2-12H,1H3,(H,26,29)(H,31,32)/b19-11+,20-12+. The van der Waals surface area contributed by atoms with Crippen molar-refractivity contribution >= 4 is 58.4 Å². The lowest BCUT2D eigenvalue weighted by atomic mass is 10.0. The second kappa shape index (κ2) is 7.45. The molecule has 3 aromatic rings. The van der Waals surface area contributed by atoms with Crippen molar-refractivity contribution in [3.05, 3.63) is 82.8 Å². The summed E-state index contributed by atoms with van der Waals surface area (Å²) in [6.07, 6.45) is 3.11. The van der Waals surface area contributed by atoms with Gasteiger partial charge >= 0.3 is 5.97 Å².